The van der Waals surface area contributed by atoms with Crippen molar-refractivity contribution >= 4 is 23.0 Å². The molecule has 358 valence electrons. The Bertz CT molecular complexity index is 2420. The monoisotopic (exact) mass is 932 g/mol. The molecule has 1 aromatic heterocycles. The number of hydrogen-bond acceptors (Lipinski definition) is 23. The lowest BCUT2D eigenvalue weighted by Crippen LogP contribution is -2.64. The summed E-state index contributed by atoms with van der Waals surface area (Å²) in [5.74, 6) is -3.19. The fourth-order valence-electron chi connectivity index (χ4n) is 7.39. The number of carbonyl (C=O) groups is 1. The van der Waals surface area contributed by atoms with Crippen LogP contribution in [0.5, 0.6) is 34.5 Å². The molecule has 3 saturated heterocycles. The van der Waals surface area contributed by atoms with E-state index in [1.807, 2.05) is 0 Å². The Morgan fingerprint density at radius 1 is 0.712 bits per heavy atom. The Labute approximate surface area is 372 Å². The van der Waals surface area contributed by atoms with Crippen molar-refractivity contribution in [2.75, 3.05) is 20.3 Å². The Kier molecular flexibility index (Phi) is 14.7. The van der Waals surface area contributed by atoms with Crippen LogP contribution in [0.3, 0.4) is 0 Å². The summed E-state index contributed by atoms with van der Waals surface area (Å²) in [6.45, 7) is -0.117. The van der Waals surface area contributed by atoms with E-state index < -0.39 is 134 Å². The number of phenols is 3. The average molecular weight is 933 g/mol. The summed E-state index contributed by atoms with van der Waals surface area (Å²) in [6.07, 6.45) is -23.9. The summed E-state index contributed by atoms with van der Waals surface area (Å²) in [4.78, 5) is 26.7. The summed E-state index contributed by atoms with van der Waals surface area (Å²) in [5.41, 5.74) is -0.856. The van der Waals surface area contributed by atoms with Crippen molar-refractivity contribution in [2.45, 2.75) is 99.0 Å². The molecule has 0 spiro atoms. The average Bonchev–Trinajstić information content (AvgIpc) is 3.29. The lowest BCUT2D eigenvalue weighted by atomic mass is 9.97. The second kappa shape index (κ2) is 20.1. The highest BCUT2D eigenvalue weighted by Gasteiger charge is 2.51. The van der Waals surface area contributed by atoms with E-state index in [0.29, 0.717) is 5.56 Å². The molecule has 4 aromatic rings. The number of aliphatic hydroxyl groups is 9. The molecule has 0 radical (unpaired) electrons. The summed E-state index contributed by atoms with van der Waals surface area (Å²) in [5, 5.41) is 126. The molecule has 0 bridgehead atoms. The van der Waals surface area contributed by atoms with Crippen molar-refractivity contribution in [3.8, 4) is 45.8 Å². The molecule has 0 saturated carbocycles. The van der Waals surface area contributed by atoms with Crippen LogP contribution in [-0.2, 0) is 28.5 Å². The van der Waals surface area contributed by atoms with E-state index in [2.05, 4.69) is 0 Å². The number of aromatic hydroxyl groups is 3. The second-order valence-electron chi connectivity index (χ2n) is 15.6. The molecule has 3 aliphatic heterocycles. The number of aliphatic hydroxyl groups excluding tert-OH is 9. The summed E-state index contributed by atoms with van der Waals surface area (Å²) in [7, 11) is 1.34. The van der Waals surface area contributed by atoms with Gasteiger partial charge >= 0.3 is 5.97 Å². The predicted octanol–water partition coefficient (Wildman–Crippen LogP) is -1.94. The highest BCUT2D eigenvalue weighted by atomic mass is 16.8. The molecule has 15 atom stereocenters. The van der Waals surface area contributed by atoms with E-state index in [1.54, 1.807) is 0 Å². The van der Waals surface area contributed by atoms with E-state index in [0.717, 1.165) is 18.2 Å². The van der Waals surface area contributed by atoms with Gasteiger partial charge in [0, 0.05) is 23.8 Å². The van der Waals surface area contributed by atoms with Gasteiger partial charge in [-0.05, 0) is 55.0 Å². The number of hydrogen-bond donors (Lipinski definition) is 12. The van der Waals surface area contributed by atoms with Gasteiger partial charge in [0.15, 0.2) is 29.7 Å². The van der Waals surface area contributed by atoms with Crippen LogP contribution in [0.1, 0.15) is 12.5 Å². The zero-order valence-corrected chi connectivity index (χ0v) is 34.8. The normalized spacial score (nSPS) is 32.6. The number of methoxy groups -OCH3 is 1. The van der Waals surface area contributed by atoms with Crippen molar-refractivity contribution in [1.29, 1.82) is 0 Å². The molecule has 0 aliphatic carbocycles. The molecule has 4 heterocycles. The first-order valence-electron chi connectivity index (χ1n) is 20.3. The van der Waals surface area contributed by atoms with Crippen molar-refractivity contribution in [2.24, 2.45) is 0 Å². The van der Waals surface area contributed by atoms with Gasteiger partial charge in [-0.15, -0.1) is 0 Å². The predicted molar refractivity (Wildman–Crippen MR) is 219 cm³/mol. The first-order chi connectivity index (χ1) is 31.4. The van der Waals surface area contributed by atoms with Gasteiger partial charge in [0.2, 0.25) is 23.8 Å². The molecule has 7 rings (SSSR count). The third-order valence-electron chi connectivity index (χ3n) is 11.1. The van der Waals surface area contributed by atoms with Gasteiger partial charge in [0.05, 0.1) is 19.8 Å². The highest BCUT2D eigenvalue weighted by molar-refractivity contribution is 5.88. The number of phenolic OH excluding ortho intramolecular Hbond substituents is 3. The van der Waals surface area contributed by atoms with Crippen LogP contribution in [0.15, 0.2) is 69.9 Å². The third-order valence-corrected chi connectivity index (χ3v) is 11.1. The molecule has 23 heteroatoms. The minimum Gasteiger partial charge on any atom is -0.508 e. The molecular formula is C43H48O23. The summed E-state index contributed by atoms with van der Waals surface area (Å²) >= 11 is 0. The van der Waals surface area contributed by atoms with Crippen LogP contribution in [0.25, 0.3) is 28.4 Å². The molecule has 66 heavy (non-hydrogen) atoms. The van der Waals surface area contributed by atoms with Gasteiger partial charge in [0.25, 0.3) is 0 Å². The van der Waals surface area contributed by atoms with Crippen molar-refractivity contribution < 1.29 is 108 Å². The minimum absolute atomic E-state index is 0.102. The number of ether oxygens (including phenoxy) is 8. The van der Waals surface area contributed by atoms with Gasteiger partial charge in [-0.1, -0.05) is 6.07 Å². The summed E-state index contributed by atoms with van der Waals surface area (Å²) in [6, 6.07) is 11.5. The largest absolute Gasteiger partial charge is 0.508 e. The third kappa shape index (κ3) is 9.89. The molecule has 12 N–H and O–H groups in total. The highest BCUT2D eigenvalue weighted by Crippen LogP contribution is 2.39. The topological polar surface area (TPSA) is 364 Å². The molecule has 3 aromatic carbocycles. The zero-order valence-electron chi connectivity index (χ0n) is 34.8. The SMILES string of the molecule is COc1cc(/C=C/C(=O)OC[C@H]2O[C@@H](O[C@H]3[C@H](Oc4cc(O)c5c(=O)c(O[C@@H]6O[C@H](CO)[C@@H](O)[C@H](O)[C@H]6O)c(-c6ccc(O)cc6)oc5c4)O[C@@H](C)[C@H](O)[C@H]3O)[C@H](O)[C@@H](O)[C@@H]2O)ccc1O. The van der Waals surface area contributed by atoms with Crippen molar-refractivity contribution in [3.05, 3.63) is 76.5 Å². The van der Waals surface area contributed by atoms with Crippen LogP contribution in [0, 0.1) is 0 Å². The first-order valence-corrected chi connectivity index (χ1v) is 20.3. The van der Waals surface area contributed by atoms with Gasteiger partial charge in [-0.2, -0.15) is 0 Å². The maximum Gasteiger partial charge on any atom is 0.330 e. The van der Waals surface area contributed by atoms with Crippen LogP contribution in [0.4, 0.5) is 0 Å². The van der Waals surface area contributed by atoms with Crippen LogP contribution in [0.2, 0.25) is 0 Å². The lowest BCUT2D eigenvalue weighted by molar-refractivity contribution is -0.355. The van der Waals surface area contributed by atoms with Crippen LogP contribution in [-0.4, -0.2) is 180 Å². The maximum absolute atomic E-state index is 14.1. The number of rotatable bonds is 13. The number of esters is 1. The van der Waals surface area contributed by atoms with Gasteiger partial charge in [-0.3, -0.25) is 4.79 Å². The van der Waals surface area contributed by atoms with Crippen LogP contribution < -0.4 is 19.6 Å². The minimum atomic E-state index is -2.00. The standard InChI is InChI=1S/C43H48O23/c1-16-29(49)35(55)40(66-42-37(57)34(54)31(51)26(64-42)15-59-27(48)10-4-17-3-9-21(46)23(11-17)58-2)43(60-16)61-20-12-22(47)28-24(13-20)62-38(18-5-7-19(45)8-6-18)39(32(28)52)65-41-36(56)33(53)30(50)25(14-44)63-41/h3-13,16,25-26,29-31,33-37,40-47,49-51,53-57H,14-15H2,1-2H3/b10-4+/t16-,25+,26+,29-,30+,31+,33-,34-,35+,36+,37+,40+,41-,42-,43-/m0/s1. The molecule has 0 unspecified atom stereocenters. The van der Waals surface area contributed by atoms with E-state index in [-0.39, 0.29) is 39.9 Å². The Hall–Kier alpha value is -5.64. The van der Waals surface area contributed by atoms with Crippen LogP contribution >= 0.6 is 0 Å². The Balaban J connectivity index is 1.14. The van der Waals surface area contributed by atoms with Gasteiger partial charge < -0.3 is 104 Å². The van der Waals surface area contributed by atoms with E-state index in [4.69, 9.17) is 42.3 Å². The number of fused-ring (bicyclic) bond motifs is 1. The van der Waals surface area contributed by atoms with Crippen molar-refractivity contribution in [1.82, 2.24) is 0 Å². The number of carbonyl (C=O) groups excluding carboxylic acids is 1. The Morgan fingerprint density at radius 2 is 1.38 bits per heavy atom. The van der Waals surface area contributed by atoms with Crippen molar-refractivity contribution in [3.63, 3.8) is 0 Å². The maximum atomic E-state index is 14.1. The molecule has 23 nitrogen and oxygen atoms in total. The lowest BCUT2D eigenvalue weighted by Gasteiger charge is -2.45. The molecule has 0 amide bonds. The van der Waals surface area contributed by atoms with E-state index in [9.17, 15) is 70.9 Å². The summed E-state index contributed by atoms with van der Waals surface area (Å²) < 4.78 is 50.8. The van der Waals surface area contributed by atoms with E-state index in [1.165, 1.54) is 62.6 Å². The fourth-order valence-corrected chi connectivity index (χ4v) is 7.39. The quantitative estimate of drug-likeness (QED) is 0.0512. The molecule has 3 aliphatic rings. The van der Waals surface area contributed by atoms with E-state index >= 15 is 0 Å². The van der Waals surface area contributed by atoms with Gasteiger partial charge in [0.1, 0.15) is 95.9 Å². The zero-order chi connectivity index (χ0) is 47.7. The second-order valence-corrected chi connectivity index (χ2v) is 15.6. The number of benzene rings is 3. The fraction of sp³-hybridized carbons (Fsp3) is 0.442. The van der Waals surface area contributed by atoms with Gasteiger partial charge in [-0.25, -0.2) is 4.79 Å². The molecule has 3 fully saturated rings. The Morgan fingerprint density at radius 3 is 2.06 bits per heavy atom. The first kappa shape index (κ1) is 48.3. The molecular weight excluding hydrogens is 884 g/mol. The smallest absolute Gasteiger partial charge is 0.330 e.